The van der Waals surface area contributed by atoms with Gasteiger partial charge in [0.25, 0.3) is 0 Å². The fraction of sp³-hybridized carbons (Fsp3) is 0.400. The smallest absolute Gasteiger partial charge is 0.150 e. The summed E-state index contributed by atoms with van der Waals surface area (Å²) in [4.78, 5) is 0.936. The van der Waals surface area contributed by atoms with E-state index in [0.29, 0.717) is 10.8 Å². The minimum atomic E-state index is -2.87. The van der Waals surface area contributed by atoms with Crippen LogP contribution < -0.4 is 0 Å². The van der Waals surface area contributed by atoms with Gasteiger partial charge in [-0.05, 0) is 12.1 Å². The normalized spacial score (nSPS) is 11.6. The van der Waals surface area contributed by atoms with Crippen LogP contribution in [0.15, 0.2) is 29.2 Å². The van der Waals surface area contributed by atoms with E-state index in [9.17, 15) is 8.42 Å². The molecule has 0 bridgehead atoms. The highest BCUT2D eigenvalue weighted by Gasteiger charge is 2.07. The molecule has 0 aromatic heterocycles. The quantitative estimate of drug-likeness (QED) is 0.767. The van der Waals surface area contributed by atoms with Gasteiger partial charge in [0.2, 0.25) is 0 Å². The fourth-order valence-electron chi connectivity index (χ4n) is 0.985. The lowest BCUT2D eigenvalue weighted by Crippen LogP contribution is -2.10. The van der Waals surface area contributed by atoms with E-state index in [1.54, 1.807) is 13.0 Å². The van der Waals surface area contributed by atoms with Gasteiger partial charge in [0, 0.05) is 16.4 Å². The third kappa shape index (κ3) is 4.45. The Bertz CT molecular complexity index is 415. The van der Waals surface area contributed by atoms with Crippen molar-refractivity contribution < 1.29 is 8.42 Å². The highest BCUT2D eigenvalue weighted by atomic mass is 35.5. The van der Waals surface area contributed by atoms with E-state index in [1.807, 2.05) is 18.2 Å². The van der Waals surface area contributed by atoms with E-state index >= 15 is 0 Å². The minimum absolute atomic E-state index is 0.204. The van der Waals surface area contributed by atoms with Crippen LogP contribution in [0.25, 0.3) is 0 Å². The summed E-state index contributed by atoms with van der Waals surface area (Å²) in [5.74, 6) is 0.968. The standard InChI is InChI=1S/C10H13ClO2S2/c1-2-15(12,13)8-7-14-10-6-4-3-5-9(10)11/h3-6H,2,7-8H2,1H3. The highest BCUT2D eigenvalue weighted by molar-refractivity contribution is 8.00. The topological polar surface area (TPSA) is 34.1 Å². The third-order valence-electron chi connectivity index (χ3n) is 1.93. The van der Waals surface area contributed by atoms with Crippen molar-refractivity contribution in [1.29, 1.82) is 0 Å². The highest BCUT2D eigenvalue weighted by Crippen LogP contribution is 2.26. The Kier molecular flexibility index (Phi) is 4.96. The third-order valence-corrected chi connectivity index (χ3v) is 5.41. The Balaban J connectivity index is 2.49. The molecule has 0 aliphatic carbocycles. The summed E-state index contributed by atoms with van der Waals surface area (Å²) >= 11 is 7.42. The van der Waals surface area contributed by atoms with Crippen LogP contribution in [-0.4, -0.2) is 25.7 Å². The van der Waals surface area contributed by atoms with E-state index < -0.39 is 9.84 Å². The van der Waals surface area contributed by atoms with E-state index in [2.05, 4.69) is 0 Å². The molecule has 0 amide bonds. The predicted molar refractivity (Wildman–Crippen MR) is 66.5 cm³/mol. The summed E-state index contributed by atoms with van der Waals surface area (Å²) in [6.07, 6.45) is 0. The largest absolute Gasteiger partial charge is 0.229 e. The molecule has 1 rings (SSSR count). The SMILES string of the molecule is CCS(=O)(=O)CCSc1ccccc1Cl. The molecule has 0 heterocycles. The van der Waals surface area contributed by atoms with Gasteiger partial charge < -0.3 is 0 Å². The number of thioether (sulfide) groups is 1. The lowest BCUT2D eigenvalue weighted by molar-refractivity contribution is 0.599. The number of hydrogen-bond donors (Lipinski definition) is 0. The molecule has 1 aromatic rings. The van der Waals surface area contributed by atoms with Crippen molar-refractivity contribution in [3.05, 3.63) is 29.3 Å². The van der Waals surface area contributed by atoms with Gasteiger partial charge in [-0.2, -0.15) is 0 Å². The van der Waals surface area contributed by atoms with Crippen molar-refractivity contribution in [3.8, 4) is 0 Å². The van der Waals surface area contributed by atoms with E-state index in [1.165, 1.54) is 11.8 Å². The Morgan fingerprint density at radius 3 is 2.60 bits per heavy atom. The van der Waals surface area contributed by atoms with Gasteiger partial charge in [0.1, 0.15) is 0 Å². The maximum absolute atomic E-state index is 11.2. The first kappa shape index (κ1) is 12.9. The molecule has 0 spiro atoms. The van der Waals surface area contributed by atoms with Crippen LogP contribution in [-0.2, 0) is 9.84 Å². The van der Waals surface area contributed by atoms with Crippen molar-refractivity contribution in [1.82, 2.24) is 0 Å². The van der Waals surface area contributed by atoms with E-state index in [0.717, 1.165) is 4.90 Å². The van der Waals surface area contributed by atoms with E-state index in [4.69, 9.17) is 11.6 Å². The van der Waals surface area contributed by atoms with Crippen LogP contribution in [0.2, 0.25) is 5.02 Å². The molecule has 0 N–H and O–H groups in total. The molecule has 15 heavy (non-hydrogen) atoms. The minimum Gasteiger partial charge on any atom is -0.229 e. The monoisotopic (exact) mass is 264 g/mol. The van der Waals surface area contributed by atoms with Crippen molar-refractivity contribution in [3.63, 3.8) is 0 Å². The summed E-state index contributed by atoms with van der Waals surface area (Å²) in [6, 6.07) is 7.45. The summed E-state index contributed by atoms with van der Waals surface area (Å²) in [7, 11) is -2.87. The molecule has 5 heteroatoms. The first-order chi connectivity index (χ1) is 7.05. The van der Waals surface area contributed by atoms with E-state index in [-0.39, 0.29) is 11.5 Å². The second-order valence-electron chi connectivity index (χ2n) is 3.02. The van der Waals surface area contributed by atoms with Crippen LogP contribution in [0.5, 0.6) is 0 Å². The Morgan fingerprint density at radius 2 is 2.00 bits per heavy atom. The molecule has 0 radical (unpaired) electrons. The van der Waals surface area contributed by atoms with Gasteiger partial charge in [0.15, 0.2) is 9.84 Å². The number of hydrogen-bond acceptors (Lipinski definition) is 3. The number of benzene rings is 1. The first-order valence-corrected chi connectivity index (χ1v) is 7.81. The number of rotatable bonds is 5. The number of halogens is 1. The molecular weight excluding hydrogens is 252 g/mol. The summed E-state index contributed by atoms with van der Waals surface area (Å²) in [6.45, 7) is 1.66. The average Bonchev–Trinajstić information content (AvgIpc) is 2.21. The zero-order valence-corrected chi connectivity index (χ0v) is 10.8. The van der Waals surface area contributed by atoms with Crippen molar-refractivity contribution in [2.24, 2.45) is 0 Å². The van der Waals surface area contributed by atoms with Gasteiger partial charge in [-0.3, -0.25) is 0 Å². The summed E-state index contributed by atoms with van der Waals surface area (Å²) in [5, 5.41) is 0.677. The van der Waals surface area contributed by atoms with Gasteiger partial charge in [-0.1, -0.05) is 30.7 Å². The van der Waals surface area contributed by atoms with Crippen LogP contribution in [0.1, 0.15) is 6.92 Å². The molecule has 1 aromatic carbocycles. The second kappa shape index (κ2) is 5.77. The zero-order chi connectivity index (χ0) is 11.3. The first-order valence-electron chi connectivity index (χ1n) is 4.63. The Morgan fingerprint density at radius 1 is 1.33 bits per heavy atom. The molecule has 0 fully saturated rings. The Labute approximate surface area is 99.9 Å². The van der Waals surface area contributed by atoms with Crippen molar-refractivity contribution in [2.75, 3.05) is 17.3 Å². The average molecular weight is 265 g/mol. The van der Waals surface area contributed by atoms with Crippen LogP contribution in [0.4, 0.5) is 0 Å². The molecular formula is C10H13ClO2S2. The van der Waals surface area contributed by atoms with Crippen LogP contribution in [0, 0.1) is 0 Å². The lowest BCUT2D eigenvalue weighted by Gasteiger charge is -2.03. The van der Waals surface area contributed by atoms with Gasteiger partial charge in [-0.15, -0.1) is 11.8 Å². The Hall–Kier alpha value is -0.190. The molecule has 0 unspecified atom stereocenters. The maximum atomic E-state index is 11.2. The van der Waals surface area contributed by atoms with Gasteiger partial charge in [-0.25, -0.2) is 8.42 Å². The van der Waals surface area contributed by atoms with Crippen molar-refractivity contribution in [2.45, 2.75) is 11.8 Å². The van der Waals surface area contributed by atoms with Crippen LogP contribution >= 0.6 is 23.4 Å². The second-order valence-corrected chi connectivity index (χ2v) is 7.03. The van der Waals surface area contributed by atoms with Crippen LogP contribution in [0.3, 0.4) is 0 Å². The zero-order valence-electron chi connectivity index (χ0n) is 8.44. The summed E-state index contributed by atoms with van der Waals surface area (Å²) in [5.41, 5.74) is 0. The lowest BCUT2D eigenvalue weighted by atomic mass is 10.4. The predicted octanol–water partition coefficient (Wildman–Crippen LogP) is 2.87. The molecule has 0 atom stereocenters. The molecule has 0 aliphatic heterocycles. The molecule has 0 saturated carbocycles. The molecule has 2 nitrogen and oxygen atoms in total. The van der Waals surface area contributed by atoms with Gasteiger partial charge in [0.05, 0.1) is 10.8 Å². The number of sulfone groups is 1. The molecule has 84 valence electrons. The fourth-order valence-corrected chi connectivity index (χ4v) is 3.52. The van der Waals surface area contributed by atoms with Crippen molar-refractivity contribution >= 4 is 33.2 Å². The molecule has 0 aliphatic rings. The maximum Gasteiger partial charge on any atom is 0.150 e. The van der Waals surface area contributed by atoms with Gasteiger partial charge >= 0.3 is 0 Å². The molecule has 0 saturated heterocycles. The summed E-state index contributed by atoms with van der Waals surface area (Å²) < 4.78 is 22.5.